The third-order valence-corrected chi connectivity index (χ3v) is 3.24. The minimum absolute atomic E-state index is 0.0994. The molecule has 0 saturated carbocycles. The van der Waals surface area contributed by atoms with E-state index >= 15 is 0 Å². The highest BCUT2D eigenvalue weighted by molar-refractivity contribution is 6.30. The number of fused-ring (bicyclic) bond motifs is 1. The van der Waals surface area contributed by atoms with Gasteiger partial charge in [-0.1, -0.05) is 18.5 Å². The Bertz CT molecular complexity index is 636. The van der Waals surface area contributed by atoms with E-state index in [0.717, 1.165) is 13.0 Å². The molecule has 2 heterocycles. The van der Waals surface area contributed by atoms with E-state index in [-0.39, 0.29) is 12.2 Å². The van der Waals surface area contributed by atoms with Crippen LogP contribution in [0.5, 0.6) is 0 Å². The fourth-order valence-corrected chi connectivity index (χ4v) is 2.32. The Balaban J connectivity index is 2.31. The van der Waals surface area contributed by atoms with Crippen molar-refractivity contribution in [3.63, 3.8) is 0 Å². The SMILES string of the molecule is CCCN(CCO)Cc1cc(=O)n2cc(Cl)ccc2n1. The van der Waals surface area contributed by atoms with E-state index in [1.807, 2.05) is 0 Å². The van der Waals surface area contributed by atoms with E-state index in [2.05, 4.69) is 16.8 Å². The van der Waals surface area contributed by atoms with Crippen LogP contribution in [0.25, 0.3) is 5.65 Å². The number of rotatable bonds is 6. The van der Waals surface area contributed by atoms with Crippen LogP contribution in [-0.2, 0) is 6.54 Å². The summed E-state index contributed by atoms with van der Waals surface area (Å²) >= 11 is 5.87. The quantitative estimate of drug-likeness (QED) is 0.878. The molecule has 0 saturated heterocycles. The van der Waals surface area contributed by atoms with Gasteiger partial charge in [-0.05, 0) is 25.1 Å². The molecule has 1 N–H and O–H groups in total. The van der Waals surface area contributed by atoms with Crippen LogP contribution in [0.4, 0.5) is 0 Å². The Kier molecular flexibility index (Phi) is 5.11. The van der Waals surface area contributed by atoms with Gasteiger partial charge in [0.05, 0.1) is 17.3 Å². The maximum absolute atomic E-state index is 12.0. The summed E-state index contributed by atoms with van der Waals surface area (Å²) in [6.45, 7) is 4.18. The zero-order valence-electron chi connectivity index (χ0n) is 11.4. The van der Waals surface area contributed by atoms with Crippen molar-refractivity contribution < 1.29 is 5.11 Å². The van der Waals surface area contributed by atoms with Gasteiger partial charge < -0.3 is 5.11 Å². The Labute approximate surface area is 122 Å². The lowest BCUT2D eigenvalue weighted by Gasteiger charge is -2.20. The maximum Gasteiger partial charge on any atom is 0.258 e. The molecule has 2 aromatic rings. The first kappa shape index (κ1) is 15.0. The van der Waals surface area contributed by atoms with Gasteiger partial charge in [-0.25, -0.2) is 4.98 Å². The van der Waals surface area contributed by atoms with Crippen LogP contribution in [0.15, 0.2) is 29.2 Å². The zero-order chi connectivity index (χ0) is 14.5. The Morgan fingerprint density at radius 2 is 2.20 bits per heavy atom. The molecule has 0 aliphatic rings. The third kappa shape index (κ3) is 3.56. The van der Waals surface area contributed by atoms with Gasteiger partial charge in [0.1, 0.15) is 5.65 Å². The molecule has 2 aromatic heterocycles. The molecule has 0 bridgehead atoms. The van der Waals surface area contributed by atoms with Crippen LogP contribution in [0, 0.1) is 0 Å². The lowest BCUT2D eigenvalue weighted by Crippen LogP contribution is -2.28. The van der Waals surface area contributed by atoms with E-state index in [4.69, 9.17) is 16.7 Å². The molecule has 2 rings (SSSR count). The fourth-order valence-electron chi connectivity index (χ4n) is 2.16. The summed E-state index contributed by atoms with van der Waals surface area (Å²) in [4.78, 5) is 18.6. The standard InChI is InChI=1S/C14H18ClN3O2/c1-2-5-17(6-7-19)10-12-8-14(20)18-9-11(15)3-4-13(18)16-12/h3-4,8-9,19H,2,5-7,10H2,1H3. The second-order valence-corrected chi connectivity index (χ2v) is 5.10. The van der Waals surface area contributed by atoms with Crippen molar-refractivity contribution >= 4 is 17.2 Å². The van der Waals surface area contributed by atoms with E-state index in [1.54, 1.807) is 18.3 Å². The minimum Gasteiger partial charge on any atom is -0.395 e. The number of aliphatic hydroxyl groups excluding tert-OH is 1. The summed E-state index contributed by atoms with van der Waals surface area (Å²) in [5.41, 5.74) is 1.14. The summed E-state index contributed by atoms with van der Waals surface area (Å²) in [6.07, 6.45) is 2.55. The van der Waals surface area contributed by atoms with E-state index < -0.39 is 0 Å². The number of hydrogen-bond donors (Lipinski definition) is 1. The monoisotopic (exact) mass is 295 g/mol. The highest BCUT2D eigenvalue weighted by Crippen LogP contribution is 2.09. The Morgan fingerprint density at radius 3 is 2.90 bits per heavy atom. The fraction of sp³-hybridized carbons (Fsp3) is 0.429. The predicted molar refractivity (Wildman–Crippen MR) is 79.1 cm³/mol. The third-order valence-electron chi connectivity index (χ3n) is 3.02. The van der Waals surface area contributed by atoms with Crippen molar-refractivity contribution in [1.29, 1.82) is 0 Å². The average molecular weight is 296 g/mol. The van der Waals surface area contributed by atoms with Crippen LogP contribution in [-0.4, -0.2) is 39.1 Å². The van der Waals surface area contributed by atoms with E-state index in [1.165, 1.54) is 10.5 Å². The molecular weight excluding hydrogens is 278 g/mol. The van der Waals surface area contributed by atoms with Crippen molar-refractivity contribution in [1.82, 2.24) is 14.3 Å². The van der Waals surface area contributed by atoms with Crippen LogP contribution in [0.2, 0.25) is 5.02 Å². The van der Waals surface area contributed by atoms with Gasteiger partial charge in [0.15, 0.2) is 0 Å². The second-order valence-electron chi connectivity index (χ2n) is 4.66. The molecule has 0 radical (unpaired) electrons. The molecule has 6 heteroatoms. The molecule has 5 nitrogen and oxygen atoms in total. The van der Waals surface area contributed by atoms with Crippen molar-refractivity contribution in [3.8, 4) is 0 Å². The summed E-state index contributed by atoms with van der Waals surface area (Å²) in [5.74, 6) is 0. The van der Waals surface area contributed by atoms with Crippen LogP contribution in [0.1, 0.15) is 19.0 Å². The topological polar surface area (TPSA) is 57.8 Å². The normalized spacial score (nSPS) is 11.4. The van der Waals surface area contributed by atoms with Crippen molar-refractivity contribution in [2.75, 3.05) is 19.7 Å². The van der Waals surface area contributed by atoms with Gasteiger partial charge >= 0.3 is 0 Å². The molecule has 0 aliphatic carbocycles. The van der Waals surface area contributed by atoms with Crippen LogP contribution < -0.4 is 5.56 Å². The van der Waals surface area contributed by atoms with Gasteiger partial charge in [0.25, 0.3) is 5.56 Å². The Hall–Kier alpha value is -1.43. The first-order valence-corrected chi connectivity index (χ1v) is 7.03. The predicted octanol–water partition coefficient (Wildman–Crippen LogP) is 1.55. The molecule has 108 valence electrons. The van der Waals surface area contributed by atoms with Crippen molar-refractivity contribution in [2.24, 2.45) is 0 Å². The molecule has 20 heavy (non-hydrogen) atoms. The number of pyridine rings is 1. The Morgan fingerprint density at radius 1 is 1.40 bits per heavy atom. The summed E-state index contributed by atoms with van der Waals surface area (Å²) in [6, 6.07) is 4.96. The maximum atomic E-state index is 12.0. The molecule has 0 atom stereocenters. The van der Waals surface area contributed by atoms with Crippen molar-refractivity contribution in [3.05, 3.63) is 45.5 Å². The first-order valence-electron chi connectivity index (χ1n) is 6.65. The number of nitrogens with zero attached hydrogens (tertiary/aromatic N) is 3. The first-order chi connectivity index (χ1) is 9.63. The smallest absolute Gasteiger partial charge is 0.258 e. The highest BCUT2D eigenvalue weighted by Gasteiger charge is 2.08. The molecule has 0 spiro atoms. The lowest BCUT2D eigenvalue weighted by molar-refractivity contribution is 0.189. The molecule has 0 unspecified atom stereocenters. The average Bonchev–Trinajstić information content (AvgIpc) is 2.40. The van der Waals surface area contributed by atoms with Gasteiger partial charge in [0, 0.05) is 25.4 Å². The number of halogens is 1. The zero-order valence-corrected chi connectivity index (χ0v) is 12.2. The van der Waals surface area contributed by atoms with E-state index in [9.17, 15) is 4.79 Å². The molecule has 0 amide bonds. The molecule has 0 aliphatic heterocycles. The minimum atomic E-state index is -0.145. The van der Waals surface area contributed by atoms with Crippen LogP contribution >= 0.6 is 11.6 Å². The summed E-state index contributed by atoms with van der Waals surface area (Å²) in [5, 5.41) is 9.56. The van der Waals surface area contributed by atoms with E-state index in [0.29, 0.717) is 29.5 Å². The number of aromatic nitrogens is 2. The lowest BCUT2D eigenvalue weighted by atomic mass is 10.3. The number of hydrogen-bond acceptors (Lipinski definition) is 4. The van der Waals surface area contributed by atoms with Crippen molar-refractivity contribution in [2.45, 2.75) is 19.9 Å². The van der Waals surface area contributed by atoms with Gasteiger partial charge in [-0.2, -0.15) is 0 Å². The van der Waals surface area contributed by atoms with Gasteiger partial charge in [-0.15, -0.1) is 0 Å². The van der Waals surface area contributed by atoms with Gasteiger partial charge in [0.2, 0.25) is 0 Å². The molecule has 0 aromatic carbocycles. The molecular formula is C14H18ClN3O2. The van der Waals surface area contributed by atoms with Crippen LogP contribution in [0.3, 0.4) is 0 Å². The number of aliphatic hydroxyl groups is 1. The largest absolute Gasteiger partial charge is 0.395 e. The molecule has 0 fully saturated rings. The highest BCUT2D eigenvalue weighted by atomic mass is 35.5. The summed E-state index contributed by atoms with van der Waals surface area (Å²) < 4.78 is 1.43. The second kappa shape index (κ2) is 6.83. The van der Waals surface area contributed by atoms with Gasteiger partial charge in [-0.3, -0.25) is 14.1 Å². The summed E-state index contributed by atoms with van der Waals surface area (Å²) in [7, 11) is 0.